The van der Waals surface area contributed by atoms with Gasteiger partial charge in [-0.25, -0.2) is 13.9 Å². The van der Waals surface area contributed by atoms with Crippen LogP contribution in [0.15, 0.2) is 43.0 Å². The summed E-state index contributed by atoms with van der Waals surface area (Å²) in [5, 5.41) is 5.35. The van der Waals surface area contributed by atoms with Gasteiger partial charge in [0.25, 0.3) is 0 Å². The summed E-state index contributed by atoms with van der Waals surface area (Å²) in [6.45, 7) is 4.08. The molecule has 0 atom stereocenters. The Morgan fingerprint density at radius 1 is 1.06 bits per heavy atom. The number of anilines is 1. The van der Waals surface area contributed by atoms with Gasteiger partial charge in [0, 0.05) is 62.5 Å². The average molecular weight is 490 g/mol. The molecule has 2 aliphatic heterocycles. The lowest BCUT2D eigenvalue weighted by Crippen LogP contribution is -2.54. The Morgan fingerprint density at radius 3 is 2.67 bits per heavy atom. The third-order valence-corrected chi connectivity index (χ3v) is 7.48. The molecule has 3 aromatic heterocycles. The maximum atomic E-state index is 14.2. The van der Waals surface area contributed by atoms with Crippen LogP contribution in [0.2, 0.25) is 0 Å². The number of carbonyl (C=O) groups excluding carboxylic acids is 1. The summed E-state index contributed by atoms with van der Waals surface area (Å²) in [5.74, 6) is -0.0635. The summed E-state index contributed by atoms with van der Waals surface area (Å²) in [6, 6.07) is 5.38. The lowest BCUT2D eigenvalue weighted by Gasteiger charge is -2.42. The van der Waals surface area contributed by atoms with Gasteiger partial charge in [0.05, 0.1) is 43.4 Å². The van der Waals surface area contributed by atoms with Gasteiger partial charge < -0.3 is 14.5 Å². The van der Waals surface area contributed by atoms with Gasteiger partial charge in [0.2, 0.25) is 5.91 Å². The van der Waals surface area contributed by atoms with Gasteiger partial charge in [-0.15, -0.1) is 0 Å². The highest BCUT2D eigenvalue weighted by Gasteiger charge is 2.30. The Balaban J connectivity index is 1.24. The first-order valence-electron chi connectivity index (χ1n) is 12.2. The smallest absolute Gasteiger partial charge is 0.236 e. The fourth-order valence-electron chi connectivity index (χ4n) is 5.33. The van der Waals surface area contributed by atoms with Crippen LogP contribution in [0.25, 0.3) is 27.7 Å². The molecule has 1 amide bonds. The van der Waals surface area contributed by atoms with Crippen LogP contribution in [0.3, 0.4) is 0 Å². The number of piperidine rings is 1. The first-order chi connectivity index (χ1) is 17.5. The molecule has 0 unspecified atom stereocenters. The van der Waals surface area contributed by atoms with Crippen molar-refractivity contribution in [3.05, 3.63) is 48.8 Å². The first kappa shape index (κ1) is 22.7. The van der Waals surface area contributed by atoms with Crippen molar-refractivity contribution in [1.29, 1.82) is 0 Å². The van der Waals surface area contributed by atoms with Gasteiger partial charge >= 0.3 is 0 Å². The molecule has 5 heterocycles. The maximum absolute atomic E-state index is 14.2. The number of amides is 1. The van der Waals surface area contributed by atoms with E-state index in [1.54, 1.807) is 23.0 Å². The molecule has 6 rings (SSSR count). The molecule has 186 valence electrons. The van der Waals surface area contributed by atoms with Crippen molar-refractivity contribution >= 4 is 28.1 Å². The Kier molecular flexibility index (Phi) is 5.67. The monoisotopic (exact) mass is 489 g/mol. The summed E-state index contributed by atoms with van der Waals surface area (Å²) in [6.07, 6.45) is 9.38. The third-order valence-electron chi connectivity index (χ3n) is 7.48. The summed E-state index contributed by atoms with van der Waals surface area (Å²) in [7, 11) is 3.33. The number of piperazine rings is 1. The second-order valence-electron chi connectivity index (χ2n) is 9.50. The minimum Gasteiger partial charge on any atom is -0.494 e. The number of likely N-dealkylation sites (N-methyl/N-ethyl adjacent to an activating group) is 1. The molecule has 9 nitrogen and oxygen atoms in total. The number of nitrogens with zero attached hydrogens (tertiary/aromatic N) is 7. The summed E-state index contributed by atoms with van der Waals surface area (Å²) >= 11 is 0. The highest BCUT2D eigenvalue weighted by Crippen LogP contribution is 2.34. The van der Waals surface area contributed by atoms with E-state index in [2.05, 4.69) is 19.9 Å². The Labute approximate surface area is 208 Å². The number of ether oxygens (including phenoxy) is 1. The van der Waals surface area contributed by atoms with Crippen LogP contribution in [0.5, 0.6) is 5.75 Å². The van der Waals surface area contributed by atoms with Gasteiger partial charge in [-0.1, -0.05) is 0 Å². The van der Waals surface area contributed by atoms with Crippen LogP contribution in [0, 0.1) is 5.82 Å². The van der Waals surface area contributed by atoms with E-state index in [9.17, 15) is 9.18 Å². The second-order valence-corrected chi connectivity index (χ2v) is 9.50. The van der Waals surface area contributed by atoms with Gasteiger partial charge in [-0.2, -0.15) is 5.10 Å². The normalized spacial score (nSPS) is 17.9. The number of hydrogen-bond acceptors (Lipinski definition) is 7. The zero-order valence-corrected chi connectivity index (χ0v) is 20.4. The predicted molar refractivity (Wildman–Crippen MR) is 135 cm³/mol. The number of fused-ring (bicyclic) bond motifs is 2. The number of rotatable bonds is 4. The van der Waals surface area contributed by atoms with Crippen LogP contribution < -0.4 is 9.64 Å². The number of halogens is 1. The van der Waals surface area contributed by atoms with Gasteiger partial charge in [-0.05, 0) is 30.5 Å². The zero-order chi connectivity index (χ0) is 24.8. The molecule has 4 aromatic rings. The van der Waals surface area contributed by atoms with Crippen LogP contribution in [0.1, 0.15) is 12.8 Å². The lowest BCUT2D eigenvalue weighted by molar-refractivity contribution is -0.135. The van der Waals surface area contributed by atoms with Gasteiger partial charge in [0.15, 0.2) is 17.2 Å². The van der Waals surface area contributed by atoms with Crippen molar-refractivity contribution in [2.24, 2.45) is 0 Å². The number of hydrogen-bond donors (Lipinski definition) is 0. The lowest BCUT2D eigenvalue weighted by atomic mass is 10.0. The SMILES string of the molecule is COc1cc2c(-c3cnn4cc(N5CCC(N6CCN(C)C(=O)C6)CC5)cnc34)ccnc2cc1F. The van der Waals surface area contributed by atoms with Crippen LogP contribution in [-0.2, 0) is 4.79 Å². The summed E-state index contributed by atoms with van der Waals surface area (Å²) in [4.78, 5) is 27.7. The first-order valence-corrected chi connectivity index (χ1v) is 12.2. The highest BCUT2D eigenvalue weighted by atomic mass is 19.1. The molecule has 0 radical (unpaired) electrons. The molecule has 2 aliphatic rings. The zero-order valence-electron chi connectivity index (χ0n) is 20.4. The topological polar surface area (TPSA) is 79.1 Å². The van der Waals surface area contributed by atoms with Crippen molar-refractivity contribution in [3.63, 3.8) is 0 Å². The highest BCUT2D eigenvalue weighted by molar-refractivity contribution is 5.98. The Hall–Kier alpha value is -3.79. The van der Waals surface area contributed by atoms with E-state index in [0.717, 1.165) is 66.9 Å². The standard InChI is InChI=1S/C26H28FN7O2/c1-31-9-10-33(16-25(31)35)17-4-7-32(8-5-17)18-13-29-26-21(14-30-34(26)15-18)19-3-6-28-23-12-22(27)24(36-2)11-20(19)23/h3,6,11-15,17H,4-5,7-10,16H2,1-2H3. The summed E-state index contributed by atoms with van der Waals surface area (Å²) in [5.41, 5.74) is 4.01. The van der Waals surface area contributed by atoms with Crippen molar-refractivity contribution in [3.8, 4) is 16.9 Å². The molecule has 2 fully saturated rings. The summed E-state index contributed by atoms with van der Waals surface area (Å²) < 4.78 is 21.2. The molecule has 0 bridgehead atoms. The largest absolute Gasteiger partial charge is 0.494 e. The second kappa shape index (κ2) is 9.02. The minimum absolute atomic E-state index is 0.174. The molecular formula is C26H28FN7O2. The predicted octanol–water partition coefficient (Wildman–Crippen LogP) is 2.83. The van der Waals surface area contributed by atoms with Crippen LogP contribution >= 0.6 is 0 Å². The van der Waals surface area contributed by atoms with Crippen LogP contribution in [-0.4, -0.2) is 88.2 Å². The maximum Gasteiger partial charge on any atom is 0.236 e. The van der Waals surface area contributed by atoms with Crippen molar-refractivity contribution in [2.45, 2.75) is 18.9 Å². The van der Waals surface area contributed by atoms with Crippen molar-refractivity contribution in [1.82, 2.24) is 29.4 Å². The fraction of sp³-hybridized carbons (Fsp3) is 0.385. The van der Waals surface area contributed by atoms with E-state index in [-0.39, 0.29) is 11.7 Å². The molecule has 36 heavy (non-hydrogen) atoms. The average Bonchev–Trinajstić information content (AvgIpc) is 3.32. The Morgan fingerprint density at radius 2 is 1.89 bits per heavy atom. The number of carbonyl (C=O) groups is 1. The van der Waals surface area contributed by atoms with Crippen molar-refractivity contribution in [2.75, 3.05) is 51.8 Å². The quantitative estimate of drug-likeness (QED) is 0.436. The van der Waals surface area contributed by atoms with Gasteiger partial charge in [0.1, 0.15) is 0 Å². The van der Waals surface area contributed by atoms with E-state index >= 15 is 0 Å². The van der Waals surface area contributed by atoms with E-state index in [4.69, 9.17) is 9.72 Å². The Bertz CT molecular complexity index is 1450. The molecule has 1 aromatic carbocycles. The fourth-order valence-corrected chi connectivity index (χ4v) is 5.33. The molecule has 0 spiro atoms. The molecule has 0 aliphatic carbocycles. The van der Waals surface area contributed by atoms with E-state index in [1.165, 1.54) is 13.2 Å². The number of benzene rings is 1. The number of methoxy groups -OCH3 is 1. The number of aromatic nitrogens is 4. The van der Waals surface area contributed by atoms with Crippen LogP contribution in [0.4, 0.5) is 10.1 Å². The minimum atomic E-state index is -0.444. The number of pyridine rings is 1. The molecule has 10 heteroatoms. The molecule has 0 saturated carbocycles. The molecule has 2 saturated heterocycles. The third kappa shape index (κ3) is 3.91. The van der Waals surface area contributed by atoms with Crippen molar-refractivity contribution < 1.29 is 13.9 Å². The molecular weight excluding hydrogens is 461 g/mol. The van der Waals surface area contributed by atoms with Gasteiger partial charge in [-0.3, -0.25) is 14.7 Å². The van der Waals surface area contributed by atoms with E-state index in [1.807, 2.05) is 30.4 Å². The van der Waals surface area contributed by atoms with E-state index in [0.29, 0.717) is 18.1 Å². The molecule has 0 N–H and O–H groups in total. The van der Waals surface area contributed by atoms with E-state index < -0.39 is 5.82 Å².